The molecule has 196 valence electrons. The summed E-state index contributed by atoms with van der Waals surface area (Å²) in [7, 11) is 3.35. The molecule has 0 spiro atoms. The number of hydrogen-bond acceptors (Lipinski definition) is 6. The summed E-state index contributed by atoms with van der Waals surface area (Å²) in [4.78, 5) is 15.5. The Hall–Kier alpha value is -3.52. The fraction of sp³-hybridized carbons (Fsp3) is 0.448. The van der Waals surface area contributed by atoms with Crippen molar-refractivity contribution in [3.63, 3.8) is 0 Å². The van der Waals surface area contributed by atoms with Crippen molar-refractivity contribution < 1.29 is 18.8 Å². The van der Waals surface area contributed by atoms with E-state index >= 15 is 0 Å². The summed E-state index contributed by atoms with van der Waals surface area (Å²) in [6, 6.07) is 17.1. The molecule has 2 fully saturated rings. The molecule has 2 amide bonds. The van der Waals surface area contributed by atoms with Gasteiger partial charge in [-0.2, -0.15) is 0 Å². The normalized spacial score (nSPS) is 23.4. The van der Waals surface area contributed by atoms with Crippen LogP contribution in [-0.4, -0.2) is 48.9 Å². The second kappa shape index (κ2) is 10.5. The van der Waals surface area contributed by atoms with Gasteiger partial charge >= 0.3 is 6.03 Å². The van der Waals surface area contributed by atoms with Gasteiger partial charge in [0.15, 0.2) is 17.3 Å². The van der Waals surface area contributed by atoms with Crippen molar-refractivity contribution in [2.45, 2.75) is 63.6 Å². The molecule has 8 nitrogen and oxygen atoms in total. The van der Waals surface area contributed by atoms with Crippen LogP contribution >= 0.6 is 0 Å². The molecule has 1 aliphatic heterocycles. The zero-order chi connectivity index (χ0) is 26.0. The molecule has 3 aromatic rings. The van der Waals surface area contributed by atoms with Gasteiger partial charge in [0.05, 0.1) is 14.2 Å². The number of carbonyl (C=O) groups excluding carboxylic acids is 1. The molecule has 1 saturated heterocycles. The van der Waals surface area contributed by atoms with Crippen LogP contribution in [0.25, 0.3) is 0 Å². The summed E-state index contributed by atoms with van der Waals surface area (Å²) in [5, 5.41) is 10.1. The third-order valence-electron chi connectivity index (χ3n) is 8.16. The number of hydrogen-bond donors (Lipinski definition) is 2. The number of ether oxygens (including phenoxy) is 2. The number of carbonyl (C=O) groups is 1. The lowest BCUT2D eigenvalue weighted by atomic mass is 9.65. The van der Waals surface area contributed by atoms with Crippen LogP contribution in [0, 0.1) is 13.8 Å². The number of nitrogens with zero attached hydrogens (tertiary/aromatic N) is 2. The minimum atomic E-state index is -0.217. The summed E-state index contributed by atoms with van der Waals surface area (Å²) >= 11 is 0. The average Bonchev–Trinajstić information content (AvgIpc) is 3.44. The summed E-state index contributed by atoms with van der Waals surface area (Å²) in [5.41, 5.74) is 3.89. The molecule has 1 saturated carbocycles. The molecule has 1 aliphatic carbocycles. The van der Waals surface area contributed by atoms with E-state index in [4.69, 9.17) is 14.0 Å². The topological polar surface area (TPSA) is 88.9 Å². The first-order chi connectivity index (χ1) is 17.9. The largest absolute Gasteiger partial charge is 0.493 e. The molecule has 3 unspecified atom stereocenters. The Morgan fingerprint density at radius 3 is 2.59 bits per heavy atom. The maximum absolute atomic E-state index is 12.9. The molecule has 3 atom stereocenters. The van der Waals surface area contributed by atoms with Gasteiger partial charge in [-0.3, -0.25) is 4.90 Å². The molecular formula is C29H36N4O4. The van der Waals surface area contributed by atoms with Crippen LogP contribution in [0.2, 0.25) is 0 Å². The summed E-state index contributed by atoms with van der Waals surface area (Å²) < 4.78 is 16.4. The Bertz CT molecular complexity index is 1220. The van der Waals surface area contributed by atoms with Crippen molar-refractivity contribution in [1.29, 1.82) is 0 Å². The summed E-state index contributed by atoms with van der Waals surface area (Å²) in [5.74, 6) is 2.10. The number of fused-ring (bicyclic) bond motifs is 1. The minimum Gasteiger partial charge on any atom is -0.493 e. The Balaban J connectivity index is 1.39. The molecule has 37 heavy (non-hydrogen) atoms. The van der Waals surface area contributed by atoms with Crippen molar-refractivity contribution in [2.24, 2.45) is 0 Å². The summed E-state index contributed by atoms with van der Waals surface area (Å²) in [6.07, 6.45) is 3.82. The number of amides is 2. The highest BCUT2D eigenvalue weighted by Crippen LogP contribution is 2.50. The highest BCUT2D eigenvalue weighted by atomic mass is 16.5. The first-order valence-electron chi connectivity index (χ1n) is 12.9. The van der Waals surface area contributed by atoms with E-state index in [0.717, 1.165) is 50.3 Å². The van der Waals surface area contributed by atoms with Crippen LogP contribution in [0.15, 0.2) is 53.1 Å². The minimum absolute atomic E-state index is 0.00928. The number of methoxy groups -OCH3 is 2. The lowest BCUT2D eigenvalue weighted by Crippen LogP contribution is -2.52. The van der Waals surface area contributed by atoms with Gasteiger partial charge in [-0.05, 0) is 69.3 Å². The van der Waals surface area contributed by atoms with Gasteiger partial charge < -0.3 is 24.6 Å². The maximum Gasteiger partial charge on any atom is 0.319 e. The Labute approximate surface area is 218 Å². The molecule has 2 N–H and O–H groups in total. The molecule has 1 aromatic heterocycles. The predicted octanol–water partition coefficient (Wildman–Crippen LogP) is 5.20. The van der Waals surface area contributed by atoms with Gasteiger partial charge in [-0.15, -0.1) is 0 Å². The highest BCUT2D eigenvalue weighted by molar-refractivity contribution is 5.90. The zero-order valence-electron chi connectivity index (χ0n) is 22.0. The molecule has 2 aliphatic rings. The third kappa shape index (κ3) is 4.90. The standard InChI is InChI=1S/C29H36N4O4/c1-19-27(20(2)37-32-19)31-28(34)30-23-12-13-29(22-10-11-24(35-3)25(16-22)36-4)14-15-33(26(29)17-23)18-21-8-6-5-7-9-21/h5-11,16,23,26H,12-15,17-18H2,1-4H3,(H2,30,31,34). The number of nitrogens with one attached hydrogen (secondary N) is 2. The molecule has 8 heteroatoms. The maximum atomic E-state index is 12.9. The van der Waals surface area contributed by atoms with Crippen molar-refractivity contribution in [1.82, 2.24) is 15.4 Å². The Kier molecular flexibility index (Phi) is 7.11. The summed E-state index contributed by atoms with van der Waals surface area (Å²) in [6.45, 7) is 5.52. The number of urea groups is 1. The van der Waals surface area contributed by atoms with Gasteiger partial charge in [0, 0.05) is 24.0 Å². The smallest absolute Gasteiger partial charge is 0.319 e. The Morgan fingerprint density at radius 2 is 1.89 bits per heavy atom. The monoisotopic (exact) mass is 504 g/mol. The first kappa shape index (κ1) is 25.1. The number of anilines is 1. The second-order valence-electron chi connectivity index (χ2n) is 10.2. The SMILES string of the molecule is COc1ccc(C23CCC(NC(=O)Nc4c(C)noc4C)CC2N(Cc2ccccc2)CC3)cc1OC. The number of benzene rings is 2. The van der Waals surface area contributed by atoms with Crippen LogP contribution in [0.3, 0.4) is 0 Å². The van der Waals surface area contributed by atoms with Crippen LogP contribution in [0.5, 0.6) is 11.5 Å². The quantitative estimate of drug-likeness (QED) is 0.460. The lowest BCUT2D eigenvalue weighted by molar-refractivity contribution is 0.131. The number of likely N-dealkylation sites (tertiary alicyclic amines) is 1. The van der Waals surface area contributed by atoms with E-state index in [2.05, 4.69) is 63.2 Å². The van der Waals surface area contributed by atoms with Crippen LogP contribution in [0.1, 0.15) is 48.3 Å². The van der Waals surface area contributed by atoms with Gasteiger partial charge in [0.25, 0.3) is 0 Å². The van der Waals surface area contributed by atoms with E-state index in [0.29, 0.717) is 17.1 Å². The lowest BCUT2D eigenvalue weighted by Gasteiger charge is -2.45. The van der Waals surface area contributed by atoms with Crippen LogP contribution in [-0.2, 0) is 12.0 Å². The van der Waals surface area contributed by atoms with Crippen molar-refractivity contribution in [2.75, 3.05) is 26.1 Å². The highest BCUT2D eigenvalue weighted by Gasteiger charge is 2.51. The Morgan fingerprint density at radius 1 is 1.11 bits per heavy atom. The number of rotatable bonds is 7. The predicted molar refractivity (Wildman–Crippen MR) is 142 cm³/mol. The first-order valence-corrected chi connectivity index (χ1v) is 12.9. The number of aryl methyl sites for hydroxylation is 2. The van der Waals surface area contributed by atoms with E-state index in [1.54, 1.807) is 21.1 Å². The zero-order valence-corrected chi connectivity index (χ0v) is 22.0. The van der Waals surface area contributed by atoms with Crippen LogP contribution < -0.4 is 20.1 Å². The molecule has 0 radical (unpaired) electrons. The third-order valence-corrected chi connectivity index (χ3v) is 8.16. The van der Waals surface area contributed by atoms with Gasteiger partial charge in [0.2, 0.25) is 0 Å². The van der Waals surface area contributed by atoms with E-state index in [1.807, 2.05) is 13.0 Å². The van der Waals surface area contributed by atoms with Gasteiger partial charge in [0.1, 0.15) is 11.4 Å². The van der Waals surface area contributed by atoms with Crippen molar-refractivity contribution in [3.8, 4) is 11.5 Å². The van der Waals surface area contributed by atoms with Crippen LogP contribution in [0.4, 0.5) is 10.5 Å². The number of aromatic nitrogens is 1. The van der Waals surface area contributed by atoms with Gasteiger partial charge in [-0.25, -0.2) is 4.79 Å². The van der Waals surface area contributed by atoms with Crippen molar-refractivity contribution in [3.05, 3.63) is 71.1 Å². The molecule has 2 aromatic carbocycles. The molecule has 0 bridgehead atoms. The molecular weight excluding hydrogens is 468 g/mol. The van der Waals surface area contributed by atoms with E-state index in [9.17, 15) is 4.79 Å². The van der Waals surface area contributed by atoms with E-state index < -0.39 is 0 Å². The fourth-order valence-electron chi connectivity index (χ4n) is 6.26. The van der Waals surface area contributed by atoms with Crippen molar-refractivity contribution >= 4 is 11.7 Å². The van der Waals surface area contributed by atoms with E-state index in [1.165, 1.54) is 11.1 Å². The van der Waals surface area contributed by atoms with E-state index in [-0.39, 0.29) is 23.5 Å². The molecule has 5 rings (SSSR count). The second-order valence-corrected chi connectivity index (χ2v) is 10.2. The molecule has 2 heterocycles. The average molecular weight is 505 g/mol. The fourth-order valence-corrected chi connectivity index (χ4v) is 6.26. The van der Waals surface area contributed by atoms with Gasteiger partial charge in [-0.1, -0.05) is 41.6 Å².